The zero-order valence-electron chi connectivity index (χ0n) is 22.5. The Morgan fingerprint density at radius 2 is 2.00 bits per heavy atom. The third-order valence-corrected chi connectivity index (χ3v) is 7.41. The molecule has 0 aliphatic carbocycles. The van der Waals surface area contributed by atoms with E-state index in [0.717, 1.165) is 29.0 Å². The lowest BCUT2D eigenvalue weighted by Gasteiger charge is -2.26. The number of nitrogens with zero attached hydrogens (tertiary/aromatic N) is 2. The molecule has 9 nitrogen and oxygen atoms in total. The van der Waals surface area contributed by atoms with Crippen LogP contribution >= 0.6 is 0 Å². The van der Waals surface area contributed by atoms with Crippen LogP contribution in [0.5, 0.6) is 5.75 Å². The quantitative estimate of drug-likeness (QED) is 0.351. The third-order valence-electron chi connectivity index (χ3n) is 7.41. The number of hydrogen-bond acceptors (Lipinski definition) is 6. The van der Waals surface area contributed by atoms with Gasteiger partial charge in [0.25, 0.3) is 5.91 Å². The first-order chi connectivity index (χ1) is 19.7. The minimum atomic E-state index is -1.40. The number of fused-ring (bicyclic) bond motifs is 1. The van der Waals surface area contributed by atoms with Crippen molar-refractivity contribution in [2.45, 2.75) is 38.0 Å². The summed E-state index contributed by atoms with van der Waals surface area (Å²) < 4.78 is 27.8. The van der Waals surface area contributed by atoms with Crippen molar-refractivity contribution in [1.82, 2.24) is 25.8 Å². The van der Waals surface area contributed by atoms with Crippen LogP contribution in [0.4, 0.5) is 8.78 Å². The van der Waals surface area contributed by atoms with E-state index in [1.54, 1.807) is 19.1 Å². The standard InChI is InChI=1S/C30H31F2N5O4/c1-17(23-12-18(5-9-27(23)38)20-3-2-10-33-14-20)35-30(41)26-13-22(32)16-37(26)28(39)15-34-29(40)25-7-4-19-11-21(31)6-8-24(19)36-25/h3-9,11-12,17,22,26,33,38H,2,10,13-16H2,1H3,(H,34,40)(H,35,41)/t17-,22+,26-/m0/s1. The summed E-state index contributed by atoms with van der Waals surface area (Å²) in [7, 11) is 0. The fraction of sp³-hybridized carbons (Fsp3) is 0.333. The zero-order chi connectivity index (χ0) is 29.1. The Balaban J connectivity index is 1.22. The van der Waals surface area contributed by atoms with Gasteiger partial charge in [-0.3, -0.25) is 14.4 Å². The molecule has 2 aliphatic heterocycles. The van der Waals surface area contributed by atoms with Crippen LogP contribution in [0.15, 0.2) is 54.6 Å². The molecule has 41 heavy (non-hydrogen) atoms. The van der Waals surface area contributed by atoms with Crippen molar-refractivity contribution in [2.75, 3.05) is 26.2 Å². The van der Waals surface area contributed by atoms with Crippen LogP contribution in [0.3, 0.4) is 0 Å². The van der Waals surface area contributed by atoms with Crippen LogP contribution in [-0.4, -0.2) is 71.1 Å². The summed E-state index contributed by atoms with van der Waals surface area (Å²) in [5, 5.41) is 19.6. The Morgan fingerprint density at radius 1 is 1.17 bits per heavy atom. The number of phenols is 1. The van der Waals surface area contributed by atoms with Gasteiger partial charge in [0.15, 0.2) is 0 Å². The predicted molar refractivity (Wildman–Crippen MR) is 149 cm³/mol. The molecule has 3 atom stereocenters. The summed E-state index contributed by atoms with van der Waals surface area (Å²) >= 11 is 0. The molecule has 4 N–H and O–H groups in total. The van der Waals surface area contributed by atoms with E-state index < -0.39 is 48.3 Å². The fourth-order valence-electron chi connectivity index (χ4n) is 5.23. The van der Waals surface area contributed by atoms with E-state index in [1.165, 1.54) is 24.3 Å². The summed E-state index contributed by atoms with van der Waals surface area (Å²) in [6, 6.07) is 10.5. The van der Waals surface area contributed by atoms with Crippen LogP contribution in [0, 0.1) is 5.82 Å². The minimum Gasteiger partial charge on any atom is -0.508 e. The molecule has 1 aromatic heterocycles. The SMILES string of the molecule is C[C@H](NC(=O)[C@@H]1C[C@@H](F)CN1C(=O)CNC(=O)c1ccc2cc(F)ccc2n1)c1cc(C2=CCCNC2)ccc1O. The van der Waals surface area contributed by atoms with Crippen molar-refractivity contribution in [3.05, 3.63) is 77.2 Å². The zero-order valence-corrected chi connectivity index (χ0v) is 22.5. The molecule has 2 aromatic carbocycles. The fourth-order valence-corrected chi connectivity index (χ4v) is 5.23. The molecule has 11 heteroatoms. The van der Waals surface area contributed by atoms with Crippen molar-refractivity contribution in [2.24, 2.45) is 0 Å². The van der Waals surface area contributed by atoms with Gasteiger partial charge in [0, 0.05) is 23.9 Å². The Labute approximate surface area is 235 Å². The van der Waals surface area contributed by atoms with Crippen LogP contribution in [0.25, 0.3) is 16.5 Å². The first-order valence-corrected chi connectivity index (χ1v) is 13.5. The van der Waals surface area contributed by atoms with E-state index in [-0.39, 0.29) is 24.4 Å². The monoisotopic (exact) mass is 563 g/mol. The van der Waals surface area contributed by atoms with Gasteiger partial charge in [0.1, 0.15) is 29.5 Å². The minimum absolute atomic E-state index is 0.0174. The van der Waals surface area contributed by atoms with Gasteiger partial charge in [0.05, 0.1) is 24.6 Å². The third kappa shape index (κ3) is 6.35. The number of aromatic nitrogens is 1. The molecule has 214 valence electrons. The van der Waals surface area contributed by atoms with Gasteiger partial charge >= 0.3 is 0 Å². The Morgan fingerprint density at radius 3 is 2.78 bits per heavy atom. The molecule has 5 rings (SSSR count). The second kappa shape index (κ2) is 12.0. The molecular weight excluding hydrogens is 532 g/mol. The molecule has 0 spiro atoms. The highest BCUT2D eigenvalue weighted by molar-refractivity contribution is 5.97. The molecule has 0 bridgehead atoms. The molecule has 1 fully saturated rings. The van der Waals surface area contributed by atoms with Gasteiger partial charge in [-0.2, -0.15) is 0 Å². The molecule has 3 amide bonds. The van der Waals surface area contributed by atoms with Gasteiger partial charge < -0.3 is 26.0 Å². The number of carbonyl (C=O) groups excluding carboxylic acids is 3. The van der Waals surface area contributed by atoms with Crippen LogP contribution in [0.1, 0.15) is 47.4 Å². The molecule has 2 aliphatic rings. The van der Waals surface area contributed by atoms with Gasteiger partial charge in [0.2, 0.25) is 11.8 Å². The predicted octanol–water partition coefficient (Wildman–Crippen LogP) is 3.00. The number of carbonyl (C=O) groups is 3. The van der Waals surface area contributed by atoms with E-state index in [9.17, 15) is 28.3 Å². The van der Waals surface area contributed by atoms with E-state index in [2.05, 4.69) is 27.0 Å². The summed E-state index contributed by atoms with van der Waals surface area (Å²) in [6.45, 7) is 2.58. The van der Waals surface area contributed by atoms with Crippen LogP contribution in [0.2, 0.25) is 0 Å². The Hall–Kier alpha value is -4.38. The second-order valence-corrected chi connectivity index (χ2v) is 10.3. The average molecular weight is 564 g/mol. The highest BCUT2D eigenvalue weighted by Crippen LogP contribution is 2.29. The van der Waals surface area contributed by atoms with Crippen LogP contribution < -0.4 is 16.0 Å². The number of rotatable bonds is 7. The highest BCUT2D eigenvalue weighted by Gasteiger charge is 2.40. The van der Waals surface area contributed by atoms with Gasteiger partial charge in [-0.25, -0.2) is 13.8 Å². The first-order valence-electron chi connectivity index (χ1n) is 13.5. The van der Waals surface area contributed by atoms with E-state index in [4.69, 9.17) is 0 Å². The van der Waals surface area contributed by atoms with Crippen LogP contribution in [-0.2, 0) is 9.59 Å². The highest BCUT2D eigenvalue weighted by atomic mass is 19.1. The van der Waals surface area contributed by atoms with E-state index in [1.807, 2.05) is 12.1 Å². The molecule has 1 saturated heterocycles. The summed E-state index contributed by atoms with van der Waals surface area (Å²) in [5.74, 6) is -2.20. The van der Waals surface area contributed by atoms with Crippen molar-refractivity contribution < 1.29 is 28.3 Å². The summed E-state index contributed by atoms with van der Waals surface area (Å²) in [6.07, 6.45) is 1.46. The lowest BCUT2D eigenvalue weighted by molar-refractivity contribution is -0.138. The largest absolute Gasteiger partial charge is 0.508 e. The number of nitrogens with one attached hydrogen (secondary N) is 3. The maximum Gasteiger partial charge on any atom is 0.270 e. The molecule has 3 heterocycles. The number of alkyl halides is 1. The van der Waals surface area contributed by atoms with Crippen molar-refractivity contribution in [1.29, 1.82) is 0 Å². The second-order valence-electron chi connectivity index (χ2n) is 10.3. The molecule has 0 saturated carbocycles. The number of hydrogen-bond donors (Lipinski definition) is 4. The average Bonchev–Trinajstić information content (AvgIpc) is 3.38. The molecule has 0 radical (unpaired) electrons. The number of likely N-dealkylation sites (tertiary alicyclic amines) is 1. The summed E-state index contributed by atoms with van der Waals surface area (Å²) in [4.78, 5) is 44.1. The Bertz CT molecular complexity index is 1530. The lowest BCUT2D eigenvalue weighted by atomic mass is 9.97. The number of aromatic hydroxyl groups is 1. The van der Waals surface area contributed by atoms with Gasteiger partial charge in [-0.15, -0.1) is 0 Å². The Kier molecular flexibility index (Phi) is 8.25. The number of benzene rings is 2. The summed E-state index contributed by atoms with van der Waals surface area (Å²) in [5.41, 5.74) is 2.98. The lowest BCUT2D eigenvalue weighted by Crippen LogP contribution is -2.49. The van der Waals surface area contributed by atoms with E-state index in [0.29, 0.717) is 23.0 Å². The van der Waals surface area contributed by atoms with Crippen molar-refractivity contribution in [3.8, 4) is 5.75 Å². The number of halogens is 2. The maximum atomic E-state index is 14.4. The smallest absolute Gasteiger partial charge is 0.270 e. The number of pyridine rings is 1. The number of amides is 3. The van der Waals surface area contributed by atoms with Crippen molar-refractivity contribution >= 4 is 34.2 Å². The normalized spacial score (nSPS) is 19.5. The number of phenolic OH excluding ortho intramolecular Hbond substituents is 1. The van der Waals surface area contributed by atoms with Gasteiger partial charge in [-0.1, -0.05) is 18.2 Å². The molecule has 3 aromatic rings. The van der Waals surface area contributed by atoms with Gasteiger partial charge in [-0.05, 0) is 67.4 Å². The maximum absolute atomic E-state index is 14.4. The van der Waals surface area contributed by atoms with E-state index >= 15 is 0 Å². The molecule has 0 unspecified atom stereocenters. The molecular formula is C30H31F2N5O4. The topological polar surface area (TPSA) is 124 Å². The first kappa shape index (κ1) is 28.2. The van der Waals surface area contributed by atoms with Crippen molar-refractivity contribution in [3.63, 3.8) is 0 Å².